The van der Waals surface area contributed by atoms with Gasteiger partial charge in [-0.2, -0.15) is 0 Å². The van der Waals surface area contributed by atoms with Crippen LogP contribution in [0, 0.1) is 5.41 Å². The van der Waals surface area contributed by atoms with E-state index in [1.165, 1.54) is 16.1 Å². The van der Waals surface area contributed by atoms with Crippen LogP contribution in [0.4, 0.5) is 0 Å². The van der Waals surface area contributed by atoms with E-state index in [0.29, 0.717) is 14.9 Å². The topological polar surface area (TPSA) is 104 Å². The first kappa shape index (κ1) is 22.1. The van der Waals surface area contributed by atoms with Crippen molar-refractivity contribution in [1.82, 2.24) is 9.21 Å². The highest BCUT2D eigenvalue weighted by Gasteiger charge is 2.62. The third-order valence-electron chi connectivity index (χ3n) is 4.69. The lowest BCUT2D eigenvalue weighted by Crippen LogP contribution is -2.74. The van der Waals surface area contributed by atoms with Crippen LogP contribution in [0.1, 0.15) is 6.92 Å². The molecule has 1 aromatic carbocycles. The molecule has 2 unspecified atom stereocenters. The second-order valence-electron chi connectivity index (χ2n) is 6.50. The maximum Gasteiger partial charge on any atom is 0.325 e. The molecule has 2 saturated heterocycles. The molecule has 1 aromatic rings. The molecule has 2 fully saturated rings. The number of fused-ring (bicyclic) bond motifs is 1. The molecule has 0 bridgehead atoms. The van der Waals surface area contributed by atoms with E-state index in [0.717, 1.165) is 30.8 Å². The highest BCUT2D eigenvalue weighted by molar-refractivity contribution is 8.00. The summed E-state index contributed by atoms with van der Waals surface area (Å²) in [4.78, 5) is 50.7. The third-order valence-corrected chi connectivity index (χ3v) is 8.10. The summed E-state index contributed by atoms with van der Waals surface area (Å²) in [5, 5.41) is 9.90. The molecule has 2 aliphatic heterocycles. The first-order valence-corrected chi connectivity index (χ1v) is 10.9. The van der Waals surface area contributed by atoms with Crippen molar-refractivity contribution in [1.29, 1.82) is 0 Å². The van der Waals surface area contributed by atoms with E-state index in [1.54, 1.807) is 18.2 Å². The molecule has 0 spiro atoms. The van der Waals surface area contributed by atoms with Crippen LogP contribution in [-0.2, 0) is 23.9 Å². The molecular formula is C17H16Cl2N2O6S2. The number of amides is 2. The zero-order valence-electron chi connectivity index (χ0n) is 15.3. The Labute approximate surface area is 184 Å². The quantitative estimate of drug-likeness (QED) is 0.297. The molecule has 3 rings (SSSR count). The van der Waals surface area contributed by atoms with Gasteiger partial charge in [-0.25, -0.2) is 0 Å². The van der Waals surface area contributed by atoms with Crippen molar-refractivity contribution in [3.05, 3.63) is 28.2 Å². The van der Waals surface area contributed by atoms with Crippen molar-refractivity contribution in [3.8, 4) is 0 Å². The molecule has 0 aliphatic carbocycles. The SMILES string of the molecule is COC(=O)C1(C(=O)O)CS[C@@H]2C(N(Sc3cc(Cl)ccc3Cl)C(C)=O)C(=O)N2C1. The second-order valence-corrected chi connectivity index (χ2v) is 9.47. The van der Waals surface area contributed by atoms with Crippen LogP contribution in [0.25, 0.3) is 0 Å². The maximum atomic E-state index is 12.8. The third kappa shape index (κ3) is 3.78. The van der Waals surface area contributed by atoms with Gasteiger partial charge in [0.15, 0.2) is 11.5 Å². The number of esters is 1. The van der Waals surface area contributed by atoms with Gasteiger partial charge >= 0.3 is 11.9 Å². The van der Waals surface area contributed by atoms with Crippen molar-refractivity contribution >= 4 is 70.7 Å². The maximum absolute atomic E-state index is 12.8. The first-order valence-electron chi connectivity index (χ1n) is 8.29. The number of nitrogens with zero attached hydrogens (tertiary/aromatic N) is 2. The minimum Gasteiger partial charge on any atom is -0.480 e. The molecule has 156 valence electrons. The summed E-state index contributed by atoms with van der Waals surface area (Å²) < 4.78 is 5.95. The van der Waals surface area contributed by atoms with E-state index in [9.17, 15) is 24.3 Å². The second kappa shape index (κ2) is 8.25. The lowest BCUT2D eigenvalue weighted by molar-refractivity contribution is -0.172. The van der Waals surface area contributed by atoms with Gasteiger partial charge in [0.2, 0.25) is 5.91 Å². The molecule has 12 heteroatoms. The van der Waals surface area contributed by atoms with Crippen LogP contribution in [0.3, 0.4) is 0 Å². The van der Waals surface area contributed by atoms with E-state index < -0.39 is 34.7 Å². The summed E-state index contributed by atoms with van der Waals surface area (Å²) in [5.41, 5.74) is -1.83. The lowest BCUT2D eigenvalue weighted by atomic mass is 9.87. The number of thioether (sulfide) groups is 1. The van der Waals surface area contributed by atoms with Gasteiger partial charge in [0.1, 0.15) is 5.37 Å². The Bertz CT molecular complexity index is 901. The number of rotatable bonds is 5. The number of carboxylic acid groups (broad SMARTS) is 1. The molecular weight excluding hydrogens is 463 g/mol. The van der Waals surface area contributed by atoms with Gasteiger partial charge in [-0.3, -0.25) is 23.5 Å². The lowest BCUT2D eigenvalue weighted by Gasteiger charge is -2.54. The largest absolute Gasteiger partial charge is 0.480 e. The number of halogens is 2. The van der Waals surface area contributed by atoms with Crippen molar-refractivity contribution in [3.63, 3.8) is 0 Å². The predicted molar refractivity (Wildman–Crippen MR) is 109 cm³/mol. The normalized spacial score (nSPS) is 25.7. The molecule has 0 saturated carbocycles. The molecule has 8 nitrogen and oxygen atoms in total. The number of benzene rings is 1. The smallest absolute Gasteiger partial charge is 0.325 e. The van der Waals surface area contributed by atoms with Crippen LogP contribution < -0.4 is 0 Å². The number of carbonyl (C=O) groups is 4. The summed E-state index contributed by atoms with van der Waals surface area (Å²) in [6, 6.07) is 3.97. The Morgan fingerprint density at radius 3 is 2.66 bits per heavy atom. The Balaban J connectivity index is 1.83. The number of hydrogen-bond acceptors (Lipinski definition) is 7. The number of carboxylic acids is 1. The van der Waals surface area contributed by atoms with E-state index in [4.69, 9.17) is 23.2 Å². The van der Waals surface area contributed by atoms with Gasteiger partial charge in [-0.05, 0) is 30.1 Å². The Hall–Kier alpha value is -1.62. The fourth-order valence-corrected chi connectivity index (χ4v) is 6.24. The molecule has 0 aromatic heterocycles. The first-order chi connectivity index (χ1) is 13.6. The number of hydrogen-bond donors (Lipinski definition) is 1. The molecule has 2 aliphatic rings. The van der Waals surface area contributed by atoms with Crippen LogP contribution in [0.5, 0.6) is 0 Å². The zero-order valence-corrected chi connectivity index (χ0v) is 18.4. The van der Waals surface area contributed by atoms with Crippen LogP contribution in [0.15, 0.2) is 23.1 Å². The average molecular weight is 479 g/mol. The van der Waals surface area contributed by atoms with Gasteiger partial charge < -0.3 is 14.7 Å². The fourth-order valence-electron chi connectivity index (χ4n) is 3.14. The summed E-state index contributed by atoms with van der Waals surface area (Å²) >= 11 is 14.3. The highest BCUT2D eigenvalue weighted by Crippen LogP contribution is 2.47. The Morgan fingerprint density at radius 2 is 2.07 bits per heavy atom. The average Bonchev–Trinajstić information content (AvgIpc) is 2.68. The van der Waals surface area contributed by atoms with E-state index >= 15 is 0 Å². The number of β-lactam (4-membered cyclic amide) rings is 1. The van der Waals surface area contributed by atoms with Gasteiger partial charge in [0.25, 0.3) is 5.91 Å². The minimum atomic E-state index is -1.83. The Morgan fingerprint density at radius 1 is 1.38 bits per heavy atom. The summed E-state index contributed by atoms with van der Waals surface area (Å²) in [6.45, 7) is 1.02. The molecule has 29 heavy (non-hydrogen) atoms. The van der Waals surface area contributed by atoms with E-state index in [-0.39, 0.29) is 18.2 Å². The molecule has 0 radical (unpaired) electrons. The molecule has 1 N–H and O–H groups in total. The Kier molecular flexibility index (Phi) is 6.28. The monoisotopic (exact) mass is 478 g/mol. The van der Waals surface area contributed by atoms with Crippen LogP contribution >= 0.6 is 46.9 Å². The van der Waals surface area contributed by atoms with Crippen molar-refractivity contribution < 1.29 is 29.0 Å². The number of methoxy groups -OCH3 is 1. The minimum absolute atomic E-state index is 0.0751. The van der Waals surface area contributed by atoms with E-state index in [2.05, 4.69) is 4.74 Å². The standard InChI is InChI=1S/C17H16Cl2N2O6S2/c1-8(22)21(29-11-5-9(18)3-4-10(11)19)12-13(23)20-6-17(15(24)25,16(26)27-2)7-28-14(12)20/h3-5,12,14H,6-7H2,1-2H3,(H,24,25)/t12?,14-,17?/m1/s1. The number of carbonyl (C=O) groups excluding carboxylic acids is 3. The van der Waals surface area contributed by atoms with Crippen molar-refractivity contribution in [2.24, 2.45) is 5.41 Å². The van der Waals surface area contributed by atoms with Gasteiger partial charge in [-0.15, -0.1) is 11.8 Å². The highest BCUT2D eigenvalue weighted by atomic mass is 35.5. The van der Waals surface area contributed by atoms with E-state index in [1.807, 2.05) is 0 Å². The van der Waals surface area contributed by atoms with Crippen LogP contribution in [-0.4, -0.2) is 68.9 Å². The molecule has 2 heterocycles. The van der Waals surface area contributed by atoms with Gasteiger partial charge in [0, 0.05) is 29.1 Å². The summed E-state index contributed by atoms with van der Waals surface area (Å²) in [7, 11) is 1.10. The predicted octanol–water partition coefficient (Wildman–Crippen LogP) is 2.38. The van der Waals surface area contributed by atoms with Crippen molar-refractivity contribution in [2.45, 2.75) is 23.2 Å². The zero-order chi connectivity index (χ0) is 21.5. The van der Waals surface area contributed by atoms with Crippen LogP contribution in [0.2, 0.25) is 10.0 Å². The number of ether oxygens (including phenoxy) is 1. The van der Waals surface area contributed by atoms with Crippen molar-refractivity contribution in [2.75, 3.05) is 19.4 Å². The summed E-state index contributed by atoms with van der Waals surface area (Å²) in [6.07, 6.45) is 0. The molecule has 2 amide bonds. The van der Waals surface area contributed by atoms with Gasteiger partial charge in [-0.1, -0.05) is 23.2 Å². The fraction of sp³-hybridized carbons (Fsp3) is 0.412. The van der Waals surface area contributed by atoms with Gasteiger partial charge in [0.05, 0.1) is 12.1 Å². The number of aliphatic carboxylic acids is 1. The molecule has 3 atom stereocenters. The summed E-state index contributed by atoms with van der Waals surface area (Å²) in [5.74, 6) is -3.15.